The van der Waals surface area contributed by atoms with Crippen molar-refractivity contribution >= 4 is 15.9 Å². The highest BCUT2D eigenvalue weighted by Crippen LogP contribution is 2.14. The molecule has 0 radical (unpaired) electrons. The second kappa shape index (κ2) is 2.99. The van der Waals surface area contributed by atoms with E-state index in [4.69, 9.17) is 5.73 Å². The summed E-state index contributed by atoms with van der Waals surface area (Å²) in [6.45, 7) is 0.599. The van der Waals surface area contributed by atoms with Crippen LogP contribution in [0.5, 0.6) is 0 Å². The number of halogens is 1. The predicted molar refractivity (Wildman–Crippen MR) is 42.0 cm³/mol. The van der Waals surface area contributed by atoms with Crippen LogP contribution in [-0.2, 0) is 6.54 Å². The van der Waals surface area contributed by atoms with Crippen LogP contribution in [0.1, 0.15) is 5.56 Å². The first-order valence-electron chi connectivity index (χ1n) is 2.78. The molecule has 1 aromatic rings. The van der Waals surface area contributed by atoms with Gasteiger partial charge < -0.3 is 5.73 Å². The van der Waals surface area contributed by atoms with Crippen LogP contribution in [0.3, 0.4) is 0 Å². The van der Waals surface area contributed by atoms with E-state index in [1.807, 2.05) is 24.3 Å². The quantitative estimate of drug-likeness (QED) is 0.722. The lowest BCUT2D eigenvalue weighted by atomic mass is 10.9. The Morgan fingerprint density at radius 1 is 1.33 bits per heavy atom. The van der Waals surface area contributed by atoms with E-state index < -0.39 is 0 Å². The maximum absolute atomic E-state index is 5.42. The molecular weight excluding hydrogens is 184 g/mol. The average molecular weight is 192 g/mol. The normalized spacial score (nSPS) is 9.56. The fraction of sp³-hybridized carbons (Fsp3) is 0.143. The first-order valence-corrected chi connectivity index (χ1v) is 3.57. The lowest BCUT2D eigenvalue weighted by Gasteiger charge is -1.96. The second-order valence-corrected chi connectivity index (χ2v) is 2.65. The zero-order valence-electron chi connectivity index (χ0n) is 4.97. The molecule has 9 heavy (non-hydrogen) atoms. The standard InChI is InChI=1S/C7H8BrN/c8-7-4-2-1-3-6(7)5-9/h1-4H,5,9H2/i1+1,2+1,3+1,4+1,6+1,7+1. The maximum atomic E-state index is 5.42. The van der Waals surface area contributed by atoms with E-state index in [1.54, 1.807) is 0 Å². The molecule has 0 bridgehead atoms. The molecule has 2 heteroatoms. The van der Waals surface area contributed by atoms with Crippen molar-refractivity contribution in [2.45, 2.75) is 6.54 Å². The number of hydrogen-bond acceptors (Lipinski definition) is 1. The molecule has 0 heterocycles. The van der Waals surface area contributed by atoms with Gasteiger partial charge in [-0.1, -0.05) is 34.1 Å². The van der Waals surface area contributed by atoms with E-state index in [9.17, 15) is 0 Å². The van der Waals surface area contributed by atoms with Gasteiger partial charge in [-0.15, -0.1) is 0 Å². The van der Waals surface area contributed by atoms with Gasteiger partial charge in [-0.3, -0.25) is 0 Å². The van der Waals surface area contributed by atoms with Crippen LogP contribution >= 0.6 is 15.9 Å². The molecule has 0 saturated heterocycles. The minimum Gasteiger partial charge on any atom is -0.326 e. The SMILES string of the molecule is NC[13c]1[13cH][13cH][13cH][13cH][13c]1Br. The van der Waals surface area contributed by atoms with Crippen LogP contribution < -0.4 is 5.73 Å². The summed E-state index contributed by atoms with van der Waals surface area (Å²) in [7, 11) is 0. The minimum absolute atomic E-state index is 0.599. The Hall–Kier alpha value is -0.340. The minimum atomic E-state index is 0.599. The number of rotatable bonds is 1. The third kappa shape index (κ3) is 1.53. The second-order valence-electron chi connectivity index (χ2n) is 1.80. The Morgan fingerprint density at radius 2 is 2.00 bits per heavy atom. The van der Waals surface area contributed by atoms with Crippen LogP contribution in [-0.4, -0.2) is 0 Å². The molecule has 48 valence electrons. The Labute approximate surface area is 63.0 Å². The van der Waals surface area contributed by atoms with Crippen molar-refractivity contribution in [3.63, 3.8) is 0 Å². The predicted octanol–water partition coefficient (Wildman–Crippen LogP) is 1.91. The van der Waals surface area contributed by atoms with Crippen molar-refractivity contribution in [1.82, 2.24) is 0 Å². The van der Waals surface area contributed by atoms with Gasteiger partial charge in [0.15, 0.2) is 0 Å². The largest absolute Gasteiger partial charge is 0.326 e. The average Bonchev–Trinajstić information content (AvgIpc) is 1.89. The third-order valence-corrected chi connectivity index (χ3v) is 1.95. The highest BCUT2D eigenvalue weighted by Gasteiger charge is 1.91. The lowest BCUT2D eigenvalue weighted by Crippen LogP contribution is -1.95. The van der Waals surface area contributed by atoms with E-state index in [-0.39, 0.29) is 0 Å². The van der Waals surface area contributed by atoms with Crippen LogP contribution in [0.2, 0.25) is 0 Å². The Morgan fingerprint density at radius 3 is 2.44 bits per heavy atom. The molecule has 0 aliphatic rings. The van der Waals surface area contributed by atoms with Crippen molar-refractivity contribution in [2.75, 3.05) is 0 Å². The molecule has 0 saturated carbocycles. The molecule has 0 spiro atoms. The third-order valence-electron chi connectivity index (χ3n) is 1.18. The summed E-state index contributed by atoms with van der Waals surface area (Å²) in [5.74, 6) is 0. The van der Waals surface area contributed by atoms with Gasteiger partial charge >= 0.3 is 0 Å². The fourth-order valence-electron chi connectivity index (χ4n) is 0.664. The number of hydrogen-bond donors (Lipinski definition) is 1. The Balaban J connectivity index is 3.01. The molecule has 1 rings (SSSR count). The summed E-state index contributed by atoms with van der Waals surface area (Å²) in [4.78, 5) is 0. The molecule has 1 aromatic carbocycles. The summed E-state index contributed by atoms with van der Waals surface area (Å²) in [6.07, 6.45) is 0. The van der Waals surface area contributed by atoms with Crippen LogP contribution in [0, 0.1) is 0 Å². The number of nitrogens with two attached hydrogens (primary N) is 1. The zero-order chi connectivity index (χ0) is 6.69. The van der Waals surface area contributed by atoms with Gasteiger partial charge in [0.1, 0.15) is 0 Å². The van der Waals surface area contributed by atoms with Gasteiger partial charge in [0.2, 0.25) is 0 Å². The summed E-state index contributed by atoms with van der Waals surface area (Å²) in [5.41, 5.74) is 6.57. The highest BCUT2D eigenvalue weighted by atomic mass is 79.9. The zero-order valence-corrected chi connectivity index (χ0v) is 6.56. The van der Waals surface area contributed by atoms with Crippen molar-refractivity contribution in [3.8, 4) is 0 Å². The molecule has 1 nitrogen and oxygen atoms in total. The van der Waals surface area contributed by atoms with E-state index in [0.29, 0.717) is 6.54 Å². The smallest absolute Gasteiger partial charge is 0.0220 e. The van der Waals surface area contributed by atoms with Crippen molar-refractivity contribution in [1.29, 1.82) is 0 Å². The summed E-state index contributed by atoms with van der Waals surface area (Å²) in [6, 6.07) is 7.95. The summed E-state index contributed by atoms with van der Waals surface area (Å²) in [5, 5.41) is 0. The molecular formula is C7H8BrN. The molecule has 0 aliphatic heterocycles. The number of benzene rings is 1. The highest BCUT2D eigenvalue weighted by molar-refractivity contribution is 9.10. The maximum Gasteiger partial charge on any atom is 0.0220 e. The lowest BCUT2D eigenvalue weighted by molar-refractivity contribution is 1.06. The molecule has 0 atom stereocenters. The summed E-state index contributed by atoms with van der Waals surface area (Å²) < 4.78 is 1.09. The van der Waals surface area contributed by atoms with E-state index in [0.717, 1.165) is 10.0 Å². The van der Waals surface area contributed by atoms with Crippen LogP contribution in [0.25, 0.3) is 0 Å². The topological polar surface area (TPSA) is 26.0 Å². The van der Waals surface area contributed by atoms with Crippen LogP contribution in [0.4, 0.5) is 0 Å². The van der Waals surface area contributed by atoms with Crippen LogP contribution in [0.15, 0.2) is 28.7 Å². The first kappa shape index (κ1) is 6.78. The molecule has 2 N–H and O–H groups in total. The van der Waals surface area contributed by atoms with Gasteiger partial charge in [-0.2, -0.15) is 0 Å². The van der Waals surface area contributed by atoms with Gasteiger partial charge in [0.05, 0.1) is 0 Å². The Kier molecular flexibility index (Phi) is 2.25. The molecule has 0 aliphatic carbocycles. The van der Waals surface area contributed by atoms with Gasteiger partial charge in [-0.25, -0.2) is 0 Å². The molecule has 0 aromatic heterocycles. The van der Waals surface area contributed by atoms with E-state index in [2.05, 4.69) is 15.9 Å². The molecule has 0 amide bonds. The fourth-order valence-corrected chi connectivity index (χ4v) is 1.11. The van der Waals surface area contributed by atoms with Crippen molar-refractivity contribution < 1.29 is 0 Å². The summed E-state index contributed by atoms with van der Waals surface area (Å²) >= 11 is 3.38. The van der Waals surface area contributed by atoms with Gasteiger partial charge in [0.25, 0.3) is 0 Å². The monoisotopic (exact) mass is 191 g/mol. The molecule has 0 unspecified atom stereocenters. The first-order chi connectivity index (χ1) is 4.34. The Bertz CT molecular complexity index is 198. The van der Waals surface area contributed by atoms with E-state index >= 15 is 0 Å². The van der Waals surface area contributed by atoms with Crippen molar-refractivity contribution in [2.24, 2.45) is 5.73 Å². The van der Waals surface area contributed by atoms with Gasteiger partial charge in [-0.05, 0) is 11.6 Å². The molecule has 0 fully saturated rings. The van der Waals surface area contributed by atoms with Gasteiger partial charge in [0, 0.05) is 11.0 Å². The van der Waals surface area contributed by atoms with Crippen molar-refractivity contribution in [3.05, 3.63) is 34.3 Å². The van der Waals surface area contributed by atoms with E-state index in [1.165, 1.54) is 0 Å².